The van der Waals surface area contributed by atoms with Gasteiger partial charge in [-0.25, -0.2) is 0 Å². The molecule has 0 saturated carbocycles. The second kappa shape index (κ2) is 14.4. The molecular weight excluding hydrogens is 292 g/mol. The van der Waals surface area contributed by atoms with Crippen LogP contribution in [-0.2, 0) is 13.3 Å². The summed E-state index contributed by atoms with van der Waals surface area (Å²) in [5, 5.41) is 0. The molecule has 1 atom stereocenters. The maximum absolute atomic E-state index is 8.67. The first-order valence-electron chi connectivity index (χ1n) is 6.65. The van der Waals surface area contributed by atoms with Gasteiger partial charge in [-0.2, -0.15) is 0 Å². The Bertz CT molecular complexity index is 233. The van der Waals surface area contributed by atoms with Crippen molar-refractivity contribution in [2.24, 2.45) is 0 Å². The fourth-order valence-electron chi connectivity index (χ4n) is 1.28. The van der Waals surface area contributed by atoms with E-state index in [0.717, 1.165) is 16.2 Å². The standard InChI is InChI=1S/C9H20O3Si.C3H10OSi2/c1-5-6-7-8-9-13(10-2,11-3)12-4;1-2-3-6(4)5/h8-9H,5-7H2,1-4H3;2-4,6H,1,5H3. The molecule has 0 radical (unpaired) electrons. The summed E-state index contributed by atoms with van der Waals surface area (Å²) in [6.45, 7) is 4.11. The fraction of sp³-hybridized carbons (Fsp3) is 0.667. The molecule has 0 bridgehead atoms. The monoisotopic (exact) mass is 322 g/mol. The van der Waals surface area contributed by atoms with Crippen LogP contribution in [0.5, 0.6) is 0 Å². The quantitative estimate of drug-likeness (QED) is 0.531. The average molecular weight is 323 g/mol. The van der Waals surface area contributed by atoms with E-state index in [9.17, 15) is 0 Å². The van der Waals surface area contributed by atoms with Gasteiger partial charge >= 0.3 is 8.80 Å². The Kier molecular flexibility index (Phi) is 16.1. The van der Waals surface area contributed by atoms with Gasteiger partial charge in [-0.3, -0.25) is 0 Å². The average Bonchev–Trinajstić information content (AvgIpc) is 2.40. The third-order valence-corrected chi connectivity index (χ3v) is 6.82. The Hall–Kier alpha value is -0.0294. The number of rotatable bonds is 8. The van der Waals surface area contributed by atoms with E-state index in [1.54, 1.807) is 21.3 Å². The molecule has 0 spiro atoms. The molecule has 0 saturated heterocycles. The molecule has 1 N–H and O–H groups in total. The maximum Gasteiger partial charge on any atom is 0.528 e. The Balaban J connectivity index is 0. The van der Waals surface area contributed by atoms with Crippen LogP contribution in [0.25, 0.3) is 0 Å². The molecule has 7 heteroatoms. The minimum Gasteiger partial charge on any atom is -0.435 e. The summed E-state index contributed by atoms with van der Waals surface area (Å²) in [6, 6.07) is 0. The zero-order valence-electron chi connectivity index (χ0n) is 13.2. The summed E-state index contributed by atoms with van der Waals surface area (Å²) in [5.74, 6) is 0. The van der Waals surface area contributed by atoms with Gasteiger partial charge < -0.3 is 18.1 Å². The van der Waals surface area contributed by atoms with E-state index in [1.165, 1.54) is 12.8 Å². The molecule has 0 amide bonds. The zero-order valence-corrected chi connectivity index (χ0v) is 17.3. The van der Waals surface area contributed by atoms with Crippen LogP contribution < -0.4 is 0 Å². The topological polar surface area (TPSA) is 47.9 Å². The molecule has 1 unspecified atom stereocenters. The highest BCUT2D eigenvalue weighted by Crippen LogP contribution is 2.08. The Labute approximate surface area is 123 Å². The van der Waals surface area contributed by atoms with Crippen molar-refractivity contribution >= 4 is 27.1 Å². The predicted octanol–water partition coefficient (Wildman–Crippen LogP) is 0.830. The number of unbranched alkanes of at least 4 members (excludes halogenated alkanes) is 2. The summed E-state index contributed by atoms with van der Waals surface area (Å²) < 4.78 is 15.7. The first-order chi connectivity index (χ1) is 9.01. The summed E-state index contributed by atoms with van der Waals surface area (Å²) in [5.41, 5.74) is 3.86. The van der Waals surface area contributed by atoms with Crippen LogP contribution in [0, 0.1) is 0 Å². The van der Waals surface area contributed by atoms with Crippen molar-refractivity contribution in [1.82, 2.24) is 0 Å². The molecule has 0 heterocycles. The van der Waals surface area contributed by atoms with Gasteiger partial charge in [0.15, 0.2) is 8.56 Å². The lowest BCUT2D eigenvalue weighted by atomic mass is 10.2. The van der Waals surface area contributed by atoms with Crippen LogP contribution in [0.15, 0.2) is 23.6 Å². The van der Waals surface area contributed by atoms with Crippen LogP contribution >= 0.6 is 0 Å². The normalized spacial score (nSPS) is 13.8. The SMILES string of the molecule is CC=C[SiH](O)[SiH3].CCCCC=C[Si](OC)(OC)OC. The van der Waals surface area contributed by atoms with E-state index in [2.05, 4.69) is 13.0 Å². The second-order valence-electron chi connectivity index (χ2n) is 4.03. The van der Waals surface area contributed by atoms with Crippen LogP contribution in [-0.4, -0.2) is 53.2 Å². The van der Waals surface area contributed by atoms with Crippen molar-refractivity contribution in [2.45, 2.75) is 33.1 Å². The molecule has 114 valence electrons. The first kappa shape index (κ1) is 21.3. The van der Waals surface area contributed by atoms with Crippen LogP contribution in [0.1, 0.15) is 33.1 Å². The molecule has 0 aliphatic heterocycles. The Morgan fingerprint density at radius 2 is 1.74 bits per heavy atom. The highest BCUT2D eigenvalue weighted by Gasteiger charge is 2.33. The lowest BCUT2D eigenvalue weighted by Gasteiger charge is -2.20. The third kappa shape index (κ3) is 12.7. The highest BCUT2D eigenvalue weighted by atomic mass is 29.2. The first-order valence-corrected chi connectivity index (χ1v) is 14.3. The number of hydrogen-bond acceptors (Lipinski definition) is 4. The van der Waals surface area contributed by atoms with E-state index < -0.39 is 17.4 Å². The van der Waals surface area contributed by atoms with Gasteiger partial charge in [0.05, 0.1) is 0 Å². The van der Waals surface area contributed by atoms with Gasteiger partial charge in [-0.1, -0.05) is 37.6 Å². The van der Waals surface area contributed by atoms with Crippen LogP contribution in [0.4, 0.5) is 0 Å². The lowest BCUT2D eigenvalue weighted by molar-refractivity contribution is 0.138. The molecule has 0 aromatic carbocycles. The second-order valence-corrected chi connectivity index (χ2v) is 12.2. The predicted molar refractivity (Wildman–Crippen MR) is 89.6 cm³/mol. The van der Waals surface area contributed by atoms with Crippen molar-refractivity contribution < 1.29 is 18.1 Å². The van der Waals surface area contributed by atoms with Gasteiger partial charge in [0.25, 0.3) is 0 Å². The smallest absolute Gasteiger partial charge is 0.435 e. The maximum atomic E-state index is 8.67. The van der Waals surface area contributed by atoms with Crippen molar-refractivity contribution in [3.05, 3.63) is 23.6 Å². The van der Waals surface area contributed by atoms with Gasteiger partial charge in [0.1, 0.15) is 0 Å². The Morgan fingerprint density at radius 1 is 1.21 bits per heavy atom. The van der Waals surface area contributed by atoms with Gasteiger partial charge in [0.2, 0.25) is 0 Å². The molecule has 0 aliphatic rings. The minimum absolute atomic E-state index is 0.986. The van der Waals surface area contributed by atoms with E-state index in [0.29, 0.717) is 0 Å². The summed E-state index contributed by atoms with van der Waals surface area (Å²) >= 11 is 0. The van der Waals surface area contributed by atoms with Crippen LogP contribution in [0.2, 0.25) is 0 Å². The van der Waals surface area contributed by atoms with E-state index in [4.69, 9.17) is 18.1 Å². The van der Waals surface area contributed by atoms with Crippen molar-refractivity contribution in [2.75, 3.05) is 21.3 Å². The van der Waals surface area contributed by atoms with Crippen molar-refractivity contribution in [1.29, 1.82) is 0 Å². The van der Waals surface area contributed by atoms with Gasteiger partial charge in [-0.15, -0.1) is 0 Å². The molecule has 4 nitrogen and oxygen atoms in total. The van der Waals surface area contributed by atoms with Crippen molar-refractivity contribution in [3.8, 4) is 0 Å². The highest BCUT2D eigenvalue weighted by molar-refractivity contribution is 7.01. The summed E-state index contributed by atoms with van der Waals surface area (Å²) in [4.78, 5) is 8.67. The molecule has 0 fully saturated rings. The van der Waals surface area contributed by atoms with E-state index >= 15 is 0 Å². The van der Waals surface area contributed by atoms with Crippen LogP contribution in [0.3, 0.4) is 0 Å². The minimum atomic E-state index is -2.45. The molecule has 0 aromatic rings. The van der Waals surface area contributed by atoms with Gasteiger partial charge in [0, 0.05) is 31.1 Å². The largest absolute Gasteiger partial charge is 0.528 e. The number of hydrogen-bond donors (Lipinski definition) is 1. The number of allylic oxidation sites excluding steroid dienone is 2. The van der Waals surface area contributed by atoms with E-state index in [-0.39, 0.29) is 0 Å². The molecule has 0 rings (SSSR count). The Morgan fingerprint density at radius 3 is 2.00 bits per heavy atom. The summed E-state index contributed by atoms with van der Waals surface area (Å²) in [6.07, 6.45) is 7.45. The molecule has 0 aliphatic carbocycles. The molecule has 0 aromatic heterocycles. The van der Waals surface area contributed by atoms with Gasteiger partial charge in [-0.05, 0) is 19.0 Å². The van der Waals surface area contributed by atoms with Crippen molar-refractivity contribution in [3.63, 3.8) is 0 Å². The molecule has 19 heavy (non-hydrogen) atoms. The van der Waals surface area contributed by atoms with E-state index in [1.807, 2.05) is 24.4 Å². The zero-order chi connectivity index (χ0) is 15.1. The lowest BCUT2D eigenvalue weighted by Crippen LogP contribution is -2.40. The summed E-state index contributed by atoms with van der Waals surface area (Å²) in [7, 11) is 2.17. The third-order valence-electron chi connectivity index (χ3n) is 2.37. The molecular formula is C12H30O4Si3. The fourth-order valence-corrected chi connectivity index (χ4v) is 4.36.